The quantitative estimate of drug-likeness (QED) is 0.683. The highest BCUT2D eigenvalue weighted by Crippen LogP contribution is 2.21. The Hall–Kier alpha value is -2.09. The lowest BCUT2D eigenvalue weighted by Crippen LogP contribution is -2.51. The topological polar surface area (TPSA) is 90.2 Å². The Kier molecular flexibility index (Phi) is 4.99. The number of imidazole rings is 1. The Balaban J connectivity index is 1.60. The average Bonchev–Trinajstić information content (AvgIpc) is 3.14. The van der Waals surface area contributed by atoms with Gasteiger partial charge in [0.05, 0.1) is 34.2 Å². The first kappa shape index (κ1) is 17.7. The van der Waals surface area contributed by atoms with E-state index >= 15 is 0 Å². The van der Waals surface area contributed by atoms with Crippen LogP contribution in [-0.4, -0.2) is 37.2 Å². The molecular weight excluding hydrogens is 363 g/mol. The van der Waals surface area contributed by atoms with Gasteiger partial charge in [-0.3, -0.25) is 9.48 Å². The Morgan fingerprint density at radius 2 is 2.20 bits per heavy atom. The van der Waals surface area contributed by atoms with Crippen molar-refractivity contribution in [2.75, 3.05) is 6.54 Å². The molecule has 3 aromatic heterocycles. The van der Waals surface area contributed by atoms with Crippen molar-refractivity contribution >= 4 is 34.8 Å². The van der Waals surface area contributed by atoms with Crippen LogP contribution in [0.3, 0.4) is 0 Å². The van der Waals surface area contributed by atoms with Crippen LogP contribution in [0.1, 0.15) is 12.6 Å². The predicted molar refractivity (Wildman–Crippen MR) is 96.7 cm³/mol. The number of nitrogens with one attached hydrogen (secondary N) is 1. The Morgan fingerprint density at radius 1 is 1.40 bits per heavy atom. The molecule has 1 unspecified atom stereocenters. The monoisotopic (exact) mass is 380 g/mol. The van der Waals surface area contributed by atoms with Crippen molar-refractivity contribution in [1.82, 2.24) is 24.5 Å². The van der Waals surface area contributed by atoms with Gasteiger partial charge in [0, 0.05) is 31.3 Å². The second-order valence-corrected chi connectivity index (χ2v) is 7.12. The van der Waals surface area contributed by atoms with E-state index in [1.165, 1.54) is 0 Å². The Bertz CT molecular complexity index is 888. The van der Waals surface area contributed by atoms with Gasteiger partial charge in [-0.1, -0.05) is 23.2 Å². The van der Waals surface area contributed by atoms with E-state index in [0.29, 0.717) is 34.5 Å². The summed E-state index contributed by atoms with van der Waals surface area (Å²) < 4.78 is 3.44. The second kappa shape index (κ2) is 7.03. The molecule has 0 spiro atoms. The molecule has 0 aromatic carbocycles. The van der Waals surface area contributed by atoms with Gasteiger partial charge in [-0.15, -0.1) is 0 Å². The molecule has 1 amide bonds. The summed E-state index contributed by atoms with van der Waals surface area (Å²) in [6.07, 6.45) is 7.08. The van der Waals surface area contributed by atoms with Crippen molar-refractivity contribution in [2.24, 2.45) is 5.73 Å². The minimum Gasteiger partial charge on any atom is -0.354 e. The number of hydrogen-bond donors (Lipinski definition) is 2. The van der Waals surface area contributed by atoms with Crippen molar-refractivity contribution in [3.63, 3.8) is 0 Å². The molecule has 0 fully saturated rings. The number of carbonyl (C=O) groups excluding carboxylic acids is 1. The minimum absolute atomic E-state index is 0.132. The molecular formula is C16H18Cl2N6O. The van der Waals surface area contributed by atoms with Crippen LogP contribution >= 0.6 is 23.2 Å². The first-order chi connectivity index (χ1) is 11.8. The van der Waals surface area contributed by atoms with Gasteiger partial charge in [-0.2, -0.15) is 5.10 Å². The maximum absolute atomic E-state index is 12.2. The smallest absolute Gasteiger partial charge is 0.226 e. The van der Waals surface area contributed by atoms with Crippen molar-refractivity contribution < 1.29 is 4.79 Å². The fourth-order valence-corrected chi connectivity index (χ4v) is 3.04. The zero-order chi connectivity index (χ0) is 18.0. The molecule has 0 saturated carbocycles. The highest BCUT2D eigenvalue weighted by molar-refractivity contribution is 6.36. The Morgan fingerprint density at radius 3 is 2.92 bits per heavy atom. The summed E-state index contributed by atoms with van der Waals surface area (Å²) in [4.78, 5) is 16.6. The molecule has 0 aliphatic rings. The van der Waals surface area contributed by atoms with E-state index in [-0.39, 0.29) is 12.3 Å². The number of nitrogens with zero attached hydrogens (tertiary/aromatic N) is 4. The molecule has 1 atom stereocenters. The van der Waals surface area contributed by atoms with E-state index in [1.54, 1.807) is 33.7 Å². The third-order valence-electron chi connectivity index (χ3n) is 3.64. The molecule has 3 heterocycles. The number of amides is 1. The molecule has 3 rings (SSSR count). The normalized spacial score (nSPS) is 13.8. The van der Waals surface area contributed by atoms with E-state index in [9.17, 15) is 4.79 Å². The van der Waals surface area contributed by atoms with Gasteiger partial charge in [0.25, 0.3) is 0 Å². The molecule has 7 nitrogen and oxygen atoms in total. The van der Waals surface area contributed by atoms with Crippen LogP contribution in [0.4, 0.5) is 0 Å². The van der Waals surface area contributed by atoms with Crippen LogP contribution in [-0.2, 0) is 17.8 Å². The number of hydrogen-bond acceptors (Lipinski definition) is 4. The summed E-state index contributed by atoms with van der Waals surface area (Å²) >= 11 is 12.1. The zero-order valence-corrected chi connectivity index (χ0v) is 15.1. The Labute approximate surface area is 154 Å². The summed E-state index contributed by atoms with van der Waals surface area (Å²) in [6.45, 7) is 2.69. The zero-order valence-electron chi connectivity index (χ0n) is 13.6. The lowest BCUT2D eigenvalue weighted by atomic mass is 10.0. The number of carbonyl (C=O) groups is 1. The van der Waals surface area contributed by atoms with Crippen LogP contribution in [0, 0.1) is 0 Å². The van der Waals surface area contributed by atoms with Gasteiger partial charge < -0.3 is 15.5 Å². The van der Waals surface area contributed by atoms with Crippen LogP contribution in [0.25, 0.3) is 5.65 Å². The summed E-state index contributed by atoms with van der Waals surface area (Å²) in [5.41, 5.74) is 6.78. The third-order valence-corrected chi connectivity index (χ3v) is 4.12. The van der Waals surface area contributed by atoms with Gasteiger partial charge in [0.2, 0.25) is 5.91 Å². The molecule has 0 aliphatic carbocycles. The second-order valence-electron chi connectivity index (χ2n) is 6.28. The maximum Gasteiger partial charge on any atom is 0.226 e. The summed E-state index contributed by atoms with van der Waals surface area (Å²) in [7, 11) is 0. The van der Waals surface area contributed by atoms with Crippen LogP contribution in [0.15, 0.2) is 36.9 Å². The number of pyridine rings is 1. The first-order valence-corrected chi connectivity index (χ1v) is 8.44. The van der Waals surface area contributed by atoms with E-state index in [4.69, 9.17) is 28.9 Å². The maximum atomic E-state index is 12.2. The van der Waals surface area contributed by atoms with Gasteiger partial charge in [0.15, 0.2) is 5.65 Å². The SMILES string of the molecule is CC(N)(CNC(=O)Cc1cn2cc(Cl)cc(Cl)c2n1)Cn1cccn1. The highest BCUT2D eigenvalue weighted by atomic mass is 35.5. The fourth-order valence-electron chi connectivity index (χ4n) is 2.51. The molecule has 3 N–H and O–H groups in total. The largest absolute Gasteiger partial charge is 0.354 e. The molecule has 9 heteroatoms. The molecule has 0 radical (unpaired) electrons. The van der Waals surface area contributed by atoms with E-state index < -0.39 is 5.54 Å². The standard InChI is InChI=1S/C16H18Cl2N6O/c1-16(19,10-24-4-2-3-21-24)9-20-14(25)6-12-8-23-7-11(17)5-13(18)15(23)22-12/h2-5,7-8H,6,9-10,19H2,1H3,(H,20,25). The molecule has 25 heavy (non-hydrogen) atoms. The van der Waals surface area contributed by atoms with Crippen LogP contribution < -0.4 is 11.1 Å². The third kappa shape index (κ3) is 4.50. The molecule has 0 bridgehead atoms. The summed E-state index contributed by atoms with van der Waals surface area (Å²) in [5, 5.41) is 7.91. The fraction of sp³-hybridized carbons (Fsp3) is 0.312. The highest BCUT2D eigenvalue weighted by Gasteiger charge is 2.21. The van der Waals surface area contributed by atoms with E-state index in [0.717, 1.165) is 0 Å². The van der Waals surface area contributed by atoms with E-state index in [2.05, 4.69) is 15.4 Å². The van der Waals surface area contributed by atoms with Crippen molar-refractivity contribution in [3.05, 3.63) is 52.7 Å². The van der Waals surface area contributed by atoms with Gasteiger partial charge >= 0.3 is 0 Å². The van der Waals surface area contributed by atoms with Crippen molar-refractivity contribution in [3.8, 4) is 0 Å². The average molecular weight is 381 g/mol. The summed E-state index contributed by atoms with van der Waals surface area (Å²) in [5.74, 6) is -0.164. The van der Waals surface area contributed by atoms with Crippen LogP contribution in [0.2, 0.25) is 10.0 Å². The molecule has 3 aromatic rings. The summed E-state index contributed by atoms with van der Waals surface area (Å²) in [6, 6.07) is 3.44. The number of fused-ring (bicyclic) bond motifs is 1. The lowest BCUT2D eigenvalue weighted by molar-refractivity contribution is -0.120. The number of halogens is 2. The minimum atomic E-state index is -0.614. The van der Waals surface area contributed by atoms with Crippen molar-refractivity contribution in [2.45, 2.75) is 25.4 Å². The number of rotatable bonds is 6. The number of nitrogens with two attached hydrogens (primary N) is 1. The van der Waals surface area contributed by atoms with Gasteiger partial charge in [-0.25, -0.2) is 4.98 Å². The van der Waals surface area contributed by atoms with Gasteiger partial charge in [-0.05, 0) is 19.1 Å². The van der Waals surface area contributed by atoms with E-state index in [1.807, 2.05) is 19.2 Å². The lowest BCUT2D eigenvalue weighted by Gasteiger charge is -2.24. The number of aromatic nitrogens is 4. The van der Waals surface area contributed by atoms with Crippen LogP contribution in [0.5, 0.6) is 0 Å². The van der Waals surface area contributed by atoms with Crippen molar-refractivity contribution in [1.29, 1.82) is 0 Å². The molecule has 132 valence electrons. The van der Waals surface area contributed by atoms with Gasteiger partial charge in [0.1, 0.15) is 0 Å². The first-order valence-electron chi connectivity index (χ1n) is 7.68. The molecule has 0 aliphatic heterocycles. The predicted octanol–water partition coefficient (Wildman–Crippen LogP) is 1.91. The molecule has 0 saturated heterocycles.